The van der Waals surface area contributed by atoms with Crippen molar-refractivity contribution in [3.05, 3.63) is 28.8 Å². The number of hydrogen-bond donors (Lipinski definition) is 0. The van der Waals surface area contributed by atoms with E-state index >= 15 is 0 Å². The van der Waals surface area contributed by atoms with Crippen molar-refractivity contribution in [2.45, 2.75) is 26.2 Å². The van der Waals surface area contributed by atoms with Gasteiger partial charge in [0.15, 0.2) is 0 Å². The summed E-state index contributed by atoms with van der Waals surface area (Å²) in [6, 6.07) is 5.81. The fraction of sp³-hybridized carbons (Fsp3) is 0.400. The summed E-state index contributed by atoms with van der Waals surface area (Å²) in [6.45, 7) is 6.45. The third kappa shape index (κ3) is 5.47. The van der Waals surface area contributed by atoms with Gasteiger partial charge in [0.1, 0.15) is 0 Å². The van der Waals surface area contributed by atoms with Crippen LogP contribution in [0.25, 0.3) is 0 Å². The van der Waals surface area contributed by atoms with Crippen molar-refractivity contribution in [3.63, 3.8) is 0 Å². The molecule has 15 heavy (non-hydrogen) atoms. The molecular formula is C10H14Cl3OTi. The normalized spacial score (nSPS) is 9.80. The summed E-state index contributed by atoms with van der Waals surface area (Å²) >= 11 is 7.61. The zero-order valence-electron chi connectivity index (χ0n) is 8.83. The van der Waals surface area contributed by atoms with Crippen molar-refractivity contribution in [2.75, 3.05) is 0 Å². The van der Waals surface area contributed by atoms with Gasteiger partial charge < -0.3 is 0 Å². The Morgan fingerprint density at radius 3 is 2.07 bits per heavy atom. The fourth-order valence-electron chi connectivity index (χ4n) is 1.05. The van der Waals surface area contributed by atoms with Gasteiger partial charge in [-0.2, -0.15) is 0 Å². The van der Waals surface area contributed by atoms with E-state index < -0.39 is 0 Å². The molecule has 0 fully saturated rings. The summed E-state index contributed by atoms with van der Waals surface area (Å²) in [4.78, 5) is 0. The van der Waals surface area contributed by atoms with Crippen molar-refractivity contribution >= 4 is 36.4 Å². The number of halogens is 3. The van der Waals surface area contributed by atoms with E-state index in [1.807, 2.05) is 18.2 Å². The largest absolute Gasteiger partial charge is 0.147 e. The second-order valence-corrected chi connectivity index (χ2v) is 4.78. The van der Waals surface area contributed by atoms with E-state index in [0.717, 1.165) is 10.8 Å². The zero-order chi connectivity index (χ0) is 10.1. The third-order valence-electron chi connectivity index (χ3n) is 1.86. The van der Waals surface area contributed by atoms with Crippen LogP contribution in [0.4, 0.5) is 0 Å². The monoisotopic (exact) mass is 303 g/mol. The number of rotatable bonds is 1. The van der Waals surface area contributed by atoms with Gasteiger partial charge in [0.25, 0.3) is 0 Å². The molecule has 0 saturated heterocycles. The maximum Gasteiger partial charge on any atom is -0.147 e. The SMILES string of the molecule is CC(C)(C)c1cc(Cl)cc([O][Ti])c1.Cl.Cl. The first-order valence-corrected chi connectivity index (χ1v) is 5.09. The van der Waals surface area contributed by atoms with Crippen LogP contribution in [-0.2, 0) is 26.2 Å². The molecule has 1 rings (SSSR count). The van der Waals surface area contributed by atoms with Crippen LogP contribution in [-0.4, -0.2) is 0 Å². The van der Waals surface area contributed by atoms with E-state index in [0.29, 0.717) is 0 Å². The summed E-state index contributed by atoms with van der Waals surface area (Å²) < 4.78 is 5.15. The van der Waals surface area contributed by atoms with E-state index in [9.17, 15) is 0 Å². The Morgan fingerprint density at radius 2 is 1.67 bits per heavy atom. The molecule has 0 bridgehead atoms. The Bertz CT molecular complexity index is 310. The Kier molecular flexibility index (Phi) is 8.43. The first kappa shape index (κ1) is 18.0. The molecule has 5 heteroatoms. The predicted octanol–water partition coefficient (Wildman–Crippen LogP) is 4.32. The molecule has 0 aliphatic heterocycles. The first-order valence-electron chi connectivity index (χ1n) is 4.08. The second-order valence-electron chi connectivity index (χ2n) is 4.03. The van der Waals surface area contributed by atoms with E-state index in [1.165, 1.54) is 5.56 Å². The van der Waals surface area contributed by atoms with Gasteiger partial charge in [-0.3, -0.25) is 0 Å². The van der Waals surface area contributed by atoms with Crippen molar-refractivity contribution in [2.24, 2.45) is 0 Å². The Balaban J connectivity index is 0. The van der Waals surface area contributed by atoms with Gasteiger partial charge in [0, 0.05) is 0 Å². The number of benzene rings is 1. The van der Waals surface area contributed by atoms with Crippen LogP contribution >= 0.6 is 36.4 Å². The molecule has 0 amide bonds. The van der Waals surface area contributed by atoms with Crippen molar-refractivity contribution in [3.8, 4) is 5.75 Å². The van der Waals surface area contributed by atoms with Gasteiger partial charge in [-0.05, 0) is 0 Å². The van der Waals surface area contributed by atoms with Crippen LogP contribution in [0.1, 0.15) is 26.3 Å². The van der Waals surface area contributed by atoms with Crippen LogP contribution < -0.4 is 3.32 Å². The summed E-state index contributed by atoms with van der Waals surface area (Å²) in [5, 5.41) is 0.726. The van der Waals surface area contributed by atoms with Gasteiger partial charge in [0.2, 0.25) is 0 Å². The molecule has 0 aliphatic carbocycles. The first-order chi connectivity index (χ1) is 5.93. The molecule has 0 N–H and O–H groups in total. The molecule has 1 nitrogen and oxygen atoms in total. The average Bonchev–Trinajstić information content (AvgIpc) is 2.01. The molecule has 1 aromatic carbocycles. The van der Waals surface area contributed by atoms with E-state index in [4.69, 9.17) is 14.9 Å². The minimum atomic E-state index is 0. The quantitative estimate of drug-likeness (QED) is 0.702. The molecule has 0 heterocycles. The zero-order valence-corrected chi connectivity index (χ0v) is 12.8. The van der Waals surface area contributed by atoms with Gasteiger partial charge in [0.05, 0.1) is 0 Å². The molecular weight excluding hydrogens is 290 g/mol. The minimum Gasteiger partial charge on any atom is -0.147 e. The summed E-state index contributed by atoms with van der Waals surface area (Å²) in [6.07, 6.45) is 0. The summed E-state index contributed by atoms with van der Waals surface area (Å²) in [7, 11) is 0. The molecule has 0 unspecified atom stereocenters. The smallest absolute Gasteiger partial charge is 0.147 e. The molecule has 0 radical (unpaired) electrons. The van der Waals surface area contributed by atoms with Crippen molar-refractivity contribution in [1.29, 1.82) is 0 Å². The molecule has 0 atom stereocenters. The van der Waals surface area contributed by atoms with E-state index in [1.54, 1.807) is 20.8 Å². The maximum absolute atomic E-state index is 5.95. The third-order valence-corrected chi connectivity index (χ3v) is 2.44. The second kappa shape index (κ2) is 7.03. The molecule has 0 aromatic heterocycles. The van der Waals surface area contributed by atoms with Crippen molar-refractivity contribution < 1.29 is 24.1 Å². The predicted molar refractivity (Wildman–Crippen MR) is 65.3 cm³/mol. The van der Waals surface area contributed by atoms with Gasteiger partial charge in [-0.1, -0.05) is 0 Å². The standard InChI is InChI=1S/C10H13ClO.2ClH.Ti/c1-10(2,3)7-4-8(11)6-9(12)5-7;;;/h4-6,12H,1-3H3;2*1H;/q;;;+1/p-1. The minimum absolute atomic E-state index is 0. The molecule has 0 spiro atoms. The van der Waals surface area contributed by atoms with Crippen LogP contribution in [0.3, 0.4) is 0 Å². The Labute approximate surface area is 121 Å². The maximum atomic E-state index is 5.95. The van der Waals surface area contributed by atoms with Gasteiger partial charge in [-0.25, -0.2) is 0 Å². The Hall–Kier alpha value is 0.604. The average molecular weight is 304 g/mol. The van der Waals surface area contributed by atoms with Gasteiger partial charge >= 0.3 is 96.5 Å². The van der Waals surface area contributed by atoms with Crippen LogP contribution in [0.2, 0.25) is 5.02 Å². The van der Waals surface area contributed by atoms with Crippen LogP contribution in [0, 0.1) is 0 Å². The van der Waals surface area contributed by atoms with Crippen molar-refractivity contribution in [1.82, 2.24) is 0 Å². The number of hydrogen-bond acceptors (Lipinski definition) is 1. The molecule has 0 aliphatic rings. The topological polar surface area (TPSA) is 9.23 Å². The molecule has 1 aromatic rings. The van der Waals surface area contributed by atoms with Crippen LogP contribution in [0.5, 0.6) is 5.75 Å². The molecule has 0 saturated carbocycles. The summed E-state index contributed by atoms with van der Waals surface area (Å²) in [5.74, 6) is 0.817. The van der Waals surface area contributed by atoms with Crippen LogP contribution in [0.15, 0.2) is 18.2 Å². The summed E-state index contributed by atoms with van der Waals surface area (Å²) in [5.41, 5.74) is 1.30. The van der Waals surface area contributed by atoms with Gasteiger partial charge in [-0.15, -0.1) is 24.8 Å². The van der Waals surface area contributed by atoms with E-state index in [2.05, 4.69) is 20.8 Å². The van der Waals surface area contributed by atoms with E-state index in [-0.39, 0.29) is 30.2 Å². The Morgan fingerprint density at radius 1 is 1.13 bits per heavy atom. The molecule has 85 valence electrons. The fourth-order valence-corrected chi connectivity index (χ4v) is 1.46.